The number of hydrogen-bond acceptors (Lipinski definition) is 4. The zero-order valence-electron chi connectivity index (χ0n) is 16.6. The van der Waals surface area contributed by atoms with E-state index >= 15 is 0 Å². The van der Waals surface area contributed by atoms with Crippen molar-refractivity contribution in [2.45, 2.75) is 25.3 Å². The lowest BCUT2D eigenvalue weighted by molar-refractivity contribution is -0.121. The molecular formula is C22H27FN2O3. The van der Waals surface area contributed by atoms with Gasteiger partial charge in [0.2, 0.25) is 5.91 Å². The molecule has 2 aromatic rings. The third-order valence-electron chi connectivity index (χ3n) is 4.59. The Morgan fingerprint density at radius 2 is 1.68 bits per heavy atom. The number of carbonyl (C=O) groups is 2. The number of rotatable bonds is 10. The van der Waals surface area contributed by atoms with Crippen molar-refractivity contribution >= 4 is 11.7 Å². The molecule has 2 rings (SSSR count). The second kappa shape index (κ2) is 10.6. The Labute approximate surface area is 165 Å². The van der Waals surface area contributed by atoms with E-state index in [1.807, 2.05) is 43.3 Å². The number of nitrogens with zero attached hydrogens (tertiary/aromatic N) is 1. The molecule has 1 unspecified atom stereocenters. The maximum Gasteiger partial charge on any atom is 0.220 e. The minimum atomic E-state index is -0.372. The van der Waals surface area contributed by atoms with Gasteiger partial charge < -0.3 is 15.0 Å². The van der Waals surface area contributed by atoms with Gasteiger partial charge in [0, 0.05) is 24.9 Å². The van der Waals surface area contributed by atoms with Crippen molar-refractivity contribution in [3.63, 3.8) is 0 Å². The van der Waals surface area contributed by atoms with Crippen LogP contribution in [0.15, 0.2) is 48.5 Å². The van der Waals surface area contributed by atoms with Gasteiger partial charge in [-0.2, -0.15) is 0 Å². The molecule has 1 atom stereocenters. The summed E-state index contributed by atoms with van der Waals surface area (Å²) in [6, 6.07) is 13.3. The van der Waals surface area contributed by atoms with Crippen molar-refractivity contribution in [3.05, 3.63) is 65.5 Å². The van der Waals surface area contributed by atoms with Gasteiger partial charge in [0.05, 0.1) is 13.2 Å². The van der Waals surface area contributed by atoms with Crippen molar-refractivity contribution in [2.75, 3.05) is 27.7 Å². The average Bonchev–Trinajstić information content (AvgIpc) is 2.68. The number of nitrogens with one attached hydrogen (secondary N) is 1. The number of carbonyl (C=O) groups excluding carboxylic acids is 2. The van der Waals surface area contributed by atoms with Crippen LogP contribution < -0.4 is 10.1 Å². The van der Waals surface area contributed by atoms with Crippen LogP contribution >= 0.6 is 0 Å². The number of Topliss-reactive ketones (excluding diaryl/α,β-unsaturated/α-hetero) is 1. The number of hydrogen-bond donors (Lipinski definition) is 1. The van der Waals surface area contributed by atoms with Crippen LogP contribution in [-0.4, -0.2) is 44.3 Å². The van der Waals surface area contributed by atoms with Crippen LogP contribution in [0, 0.1) is 5.82 Å². The van der Waals surface area contributed by atoms with Crippen molar-refractivity contribution in [1.82, 2.24) is 10.2 Å². The molecule has 150 valence electrons. The van der Waals surface area contributed by atoms with Crippen LogP contribution in [0.5, 0.6) is 5.75 Å². The fourth-order valence-corrected chi connectivity index (χ4v) is 2.91. The summed E-state index contributed by atoms with van der Waals surface area (Å²) < 4.78 is 18.1. The normalized spacial score (nSPS) is 11.9. The Kier molecular flexibility index (Phi) is 8.14. The fourth-order valence-electron chi connectivity index (χ4n) is 2.91. The number of likely N-dealkylation sites (N-methyl/N-ethyl adjacent to an activating group) is 1. The van der Waals surface area contributed by atoms with Crippen LogP contribution in [0.4, 0.5) is 4.39 Å². The molecule has 0 aliphatic carbocycles. The monoisotopic (exact) mass is 386 g/mol. The second-order valence-corrected chi connectivity index (χ2v) is 6.84. The van der Waals surface area contributed by atoms with Crippen molar-refractivity contribution in [1.29, 1.82) is 0 Å². The first kappa shape index (κ1) is 21.6. The number of ether oxygens (including phenoxy) is 1. The zero-order valence-corrected chi connectivity index (χ0v) is 16.6. The van der Waals surface area contributed by atoms with Crippen molar-refractivity contribution < 1.29 is 18.7 Å². The molecule has 0 spiro atoms. The predicted octanol–water partition coefficient (Wildman–Crippen LogP) is 3.61. The molecule has 2 aromatic carbocycles. The lowest BCUT2D eigenvalue weighted by atomic mass is 10.0. The molecule has 0 fully saturated rings. The summed E-state index contributed by atoms with van der Waals surface area (Å²) in [5, 5.41) is 2.94. The summed E-state index contributed by atoms with van der Waals surface area (Å²) >= 11 is 0. The summed E-state index contributed by atoms with van der Waals surface area (Å²) in [5.74, 6) is 0.240. The van der Waals surface area contributed by atoms with Crippen LogP contribution in [0.25, 0.3) is 0 Å². The number of methoxy groups -OCH3 is 1. The van der Waals surface area contributed by atoms with Gasteiger partial charge in [-0.05, 0) is 62.5 Å². The largest absolute Gasteiger partial charge is 0.497 e. The number of ketones is 1. The number of benzene rings is 2. The third kappa shape index (κ3) is 6.46. The molecule has 0 aliphatic rings. The lowest BCUT2D eigenvalue weighted by Crippen LogP contribution is -2.34. The third-order valence-corrected chi connectivity index (χ3v) is 4.59. The SMILES string of the molecule is COc1ccc(C(CNC(=O)CCCC(=O)c2ccc(F)cc2)N(C)C)cc1. The first-order valence-electron chi connectivity index (χ1n) is 9.26. The Morgan fingerprint density at radius 1 is 1.04 bits per heavy atom. The van der Waals surface area contributed by atoms with Crippen molar-refractivity contribution in [3.8, 4) is 5.75 Å². The highest BCUT2D eigenvalue weighted by Gasteiger charge is 2.16. The summed E-state index contributed by atoms with van der Waals surface area (Å²) in [4.78, 5) is 26.3. The maximum absolute atomic E-state index is 12.9. The average molecular weight is 386 g/mol. The van der Waals surface area contributed by atoms with E-state index in [1.54, 1.807) is 7.11 Å². The summed E-state index contributed by atoms with van der Waals surface area (Å²) in [6.45, 7) is 0.476. The van der Waals surface area contributed by atoms with E-state index in [1.165, 1.54) is 24.3 Å². The molecule has 0 heterocycles. The van der Waals surface area contributed by atoms with Gasteiger partial charge in [-0.1, -0.05) is 12.1 Å². The molecule has 0 aliphatic heterocycles. The van der Waals surface area contributed by atoms with E-state index in [9.17, 15) is 14.0 Å². The lowest BCUT2D eigenvalue weighted by Gasteiger charge is -2.25. The molecule has 1 amide bonds. The predicted molar refractivity (Wildman–Crippen MR) is 107 cm³/mol. The quantitative estimate of drug-likeness (QED) is 0.634. The van der Waals surface area contributed by atoms with Crippen LogP contribution in [0.3, 0.4) is 0 Å². The van der Waals surface area contributed by atoms with Gasteiger partial charge in [0.1, 0.15) is 11.6 Å². The van der Waals surface area contributed by atoms with Crippen LogP contribution in [-0.2, 0) is 4.79 Å². The highest BCUT2D eigenvalue weighted by atomic mass is 19.1. The molecule has 1 N–H and O–H groups in total. The molecular weight excluding hydrogens is 359 g/mol. The molecule has 0 radical (unpaired) electrons. The molecule has 0 bridgehead atoms. The van der Waals surface area contributed by atoms with Gasteiger partial charge in [0.15, 0.2) is 5.78 Å². The highest BCUT2D eigenvalue weighted by Crippen LogP contribution is 2.20. The van der Waals surface area contributed by atoms with Gasteiger partial charge in [-0.15, -0.1) is 0 Å². The molecule has 0 aromatic heterocycles. The summed E-state index contributed by atoms with van der Waals surface area (Å²) in [6.07, 6.45) is 0.988. The van der Waals surface area contributed by atoms with E-state index in [4.69, 9.17) is 4.74 Å². The smallest absolute Gasteiger partial charge is 0.220 e. The van der Waals surface area contributed by atoms with E-state index < -0.39 is 0 Å². The Balaban J connectivity index is 1.79. The standard InChI is InChI=1S/C22H27FN2O3/c1-25(2)20(16-9-13-19(28-3)14-10-16)15-24-22(27)6-4-5-21(26)17-7-11-18(23)12-8-17/h7-14,20H,4-6,15H2,1-3H3,(H,24,27). The Morgan fingerprint density at radius 3 is 2.25 bits per heavy atom. The maximum atomic E-state index is 12.9. The first-order valence-corrected chi connectivity index (χ1v) is 9.26. The minimum Gasteiger partial charge on any atom is -0.497 e. The molecule has 0 saturated carbocycles. The first-order chi connectivity index (χ1) is 13.4. The van der Waals surface area contributed by atoms with Crippen molar-refractivity contribution in [2.24, 2.45) is 0 Å². The summed E-state index contributed by atoms with van der Waals surface area (Å²) in [5.41, 5.74) is 1.55. The van der Waals surface area contributed by atoms with Gasteiger partial charge in [-0.25, -0.2) is 4.39 Å². The number of amides is 1. The minimum absolute atomic E-state index is 0.0377. The van der Waals surface area contributed by atoms with Gasteiger partial charge in [-0.3, -0.25) is 9.59 Å². The van der Waals surface area contributed by atoms with E-state index in [-0.39, 0.29) is 36.4 Å². The van der Waals surface area contributed by atoms with Gasteiger partial charge >= 0.3 is 0 Å². The zero-order chi connectivity index (χ0) is 20.5. The molecule has 28 heavy (non-hydrogen) atoms. The second-order valence-electron chi connectivity index (χ2n) is 6.84. The van der Waals surface area contributed by atoms with Crippen LogP contribution in [0.2, 0.25) is 0 Å². The Hall–Kier alpha value is -2.73. The molecule has 5 nitrogen and oxygen atoms in total. The van der Waals surface area contributed by atoms with E-state index in [0.29, 0.717) is 18.5 Å². The fraction of sp³-hybridized carbons (Fsp3) is 0.364. The summed E-state index contributed by atoms with van der Waals surface area (Å²) in [7, 11) is 5.55. The topological polar surface area (TPSA) is 58.6 Å². The molecule has 6 heteroatoms. The number of halogens is 1. The Bertz CT molecular complexity index is 773. The van der Waals surface area contributed by atoms with Gasteiger partial charge in [0.25, 0.3) is 0 Å². The van der Waals surface area contributed by atoms with E-state index in [0.717, 1.165) is 11.3 Å². The molecule has 0 saturated heterocycles. The van der Waals surface area contributed by atoms with Crippen LogP contribution in [0.1, 0.15) is 41.2 Å². The highest BCUT2D eigenvalue weighted by molar-refractivity contribution is 5.96. The van der Waals surface area contributed by atoms with E-state index in [2.05, 4.69) is 5.32 Å².